The van der Waals surface area contributed by atoms with Crippen molar-refractivity contribution in [1.82, 2.24) is 0 Å². The Balaban J connectivity index is 2.95. The van der Waals surface area contributed by atoms with Crippen LogP contribution in [0.15, 0.2) is 24.3 Å². The van der Waals surface area contributed by atoms with Crippen molar-refractivity contribution in [1.29, 1.82) is 0 Å². The zero-order chi connectivity index (χ0) is 15.6. The average Bonchev–Trinajstić information content (AvgIpc) is 2.29. The molecule has 0 radical (unpaired) electrons. The molecule has 0 saturated carbocycles. The fourth-order valence-electron chi connectivity index (χ4n) is 1.78. The van der Waals surface area contributed by atoms with Crippen molar-refractivity contribution < 1.29 is 9.59 Å². The largest absolute Gasteiger partial charge is 0.299 e. The highest BCUT2D eigenvalue weighted by Gasteiger charge is 2.24. The minimum Gasteiger partial charge on any atom is -0.299 e. The maximum Gasteiger partial charge on any atom is 0.142 e. The smallest absolute Gasteiger partial charge is 0.142 e. The van der Waals surface area contributed by atoms with E-state index in [0.717, 1.165) is 11.1 Å². The lowest BCUT2D eigenvalue weighted by atomic mass is 9.83. The summed E-state index contributed by atoms with van der Waals surface area (Å²) in [6, 6.07) is 7.76. The van der Waals surface area contributed by atoms with Gasteiger partial charge < -0.3 is 0 Å². The van der Waals surface area contributed by atoms with Crippen LogP contribution in [0.5, 0.6) is 0 Å². The predicted molar refractivity (Wildman–Crippen MR) is 82.8 cm³/mol. The molecule has 0 fully saturated rings. The molecule has 0 heterocycles. The molecule has 0 saturated heterocycles. The number of Topliss-reactive ketones (excluding diaryl/α,β-unsaturated/α-hetero) is 2. The van der Waals surface area contributed by atoms with Gasteiger partial charge in [0.2, 0.25) is 0 Å². The van der Waals surface area contributed by atoms with E-state index in [4.69, 9.17) is 0 Å². The fraction of sp³-hybridized carbons (Fsp3) is 0.556. The van der Waals surface area contributed by atoms with Crippen molar-refractivity contribution in [3.05, 3.63) is 35.4 Å². The first kappa shape index (κ1) is 16.6. The molecule has 1 aromatic carbocycles. The Bertz CT molecular complexity index is 452. The van der Waals surface area contributed by atoms with Crippen molar-refractivity contribution in [3.8, 4) is 0 Å². The van der Waals surface area contributed by atoms with Gasteiger partial charge >= 0.3 is 0 Å². The van der Waals surface area contributed by atoms with E-state index in [1.807, 2.05) is 65.8 Å². The molecule has 0 aliphatic rings. The Morgan fingerprint density at radius 2 is 1.05 bits per heavy atom. The van der Waals surface area contributed by atoms with E-state index in [9.17, 15) is 9.59 Å². The van der Waals surface area contributed by atoms with E-state index < -0.39 is 0 Å². The highest BCUT2D eigenvalue weighted by molar-refractivity contribution is 5.88. The third-order valence-corrected chi connectivity index (χ3v) is 3.49. The van der Waals surface area contributed by atoms with Gasteiger partial charge in [-0.3, -0.25) is 9.59 Å². The summed E-state index contributed by atoms with van der Waals surface area (Å²) in [5.74, 6) is 0.404. The van der Waals surface area contributed by atoms with Crippen molar-refractivity contribution in [2.75, 3.05) is 0 Å². The average molecular weight is 274 g/mol. The SMILES string of the molecule is CC(C)(C)C(=O)Cc1ccccc1CC(=O)C(C)(C)C. The first-order valence-corrected chi connectivity index (χ1v) is 7.15. The normalized spacial score (nSPS) is 12.3. The van der Waals surface area contributed by atoms with Gasteiger partial charge in [0.1, 0.15) is 11.6 Å². The van der Waals surface area contributed by atoms with Crippen molar-refractivity contribution in [2.45, 2.75) is 54.4 Å². The number of carbonyl (C=O) groups is 2. The van der Waals surface area contributed by atoms with Gasteiger partial charge in [-0.2, -0.15) is 0 Å². The van der Waals surface area contributed by atoms with Crippen LogP contribution in [-0.2, 0) is 22.4 Å². The summed E-state index contributed by atoms with van der Waals surface area (Å²) in [6.07, 6.45) is 0.800. The van der Waals surface area contributed by atoms with Gasteiger partial charge in [-0.05, 0) is 11.1 Å². The van der Waals surface area contributed by atoms with Gasteiger partial charge in [0.15, 0.2) is 0 Å². The van der Waals surface area contributed by atoms with Crippen molar-refractivity contribution >= 4 is 11.6 Å². The number of hydrogen-bond donors (Lipinski definition) is 0. The van der Waals surface area contributed by atoms with Crippen LogP contribution in [0.1, 0.15) is 52.7 Å². The molecule has 1 aromatic rings. The van der Waals surface area contributed by atoms with Gasteiger partial charge in [0.05, 0.1) is 0 Å². The van der Waals surface area contributed by atoms with Crippen LogP contribution >= 0.6 is 0 Å². The highest BCUT2D eigenvalue weighted by Crippen LogP contribution is 2.22. The zero-order valence-corrected chi connectivity index (χ0v) is 13.5. The Labute approximate surface area is 122 Å². The minimum absolute atomic E-state index is 0.202. The van der Waals surface area contributed by atoms with E-state index in [-0.39, 0.29) is 22.4 Å². The lowest BCUT2D eigenvalue weighted by Gasteiger charge is -2.20. The Hall–Kier alpha value is -1.44. The summed E-state index contributed by atoms with van der Waals surface area (Å²) < 4.78 is 0. The molecule has 0 atom stereocenters. The van der Waals surface area contributed by atoms with Crippen LogP contribution in [0.2, 0.25) is 0 Å². The quantitative estimate of drug-likeness (QED) is 0.831. The first-order chi connectivity index (χ1) is 9.01. The van der Waals surface area contributed by atoms with Crippen LogP contribution < -0.4 is 0 Å². The fourth-order valence-corrected chi connectivity index (χ4v) is 1.78. The first-order valence-electron chi connectivity index (χ1n) is 7.15. The molecule has 0 aliphatic carbocycles. The van der Waals surface area contributed by atoms with Crippen LogP contribution in [0.4, 0.5) is 0 Å². The summed E-state index contributed by atoms with van der Waals surface area (Å²) >= 11 is 0. The molecule has 2 heteroatoms. The monoisotopic (exact) mass is 274 g/mol. The molecule has 1 rings (SSSR count). The lowest BCUT2D eigenvalue weighted by molar-refractivity contribution is -0.126. The predicted octanol–water partition coefficient (Wildman–Crippen LogP) is 4.00. The number of carbonyl (C=O) groups excluding carboxylic acids is 2. The summed E-state index contributed by atoms with van der Waals surface area (Å²) in [4.78, 5) is 24.4. The van der Waals surface area contributed by atoms with Gasteiger partial charge in [-0.1, -0.05) is 65.8 Å². The van der Waals surface area contributed by atoms with Gasteiger partial charge in [0.25, 0.3) is 0 Å². The van der Waals surface area contributed by atoms with Crippen LogP contribution in [0.3, 0.4) is 0 Å². The number of ketones is 2. The topological polar surface area (TPSA) is 34.1 Å². The summed E-state index contributed by atoms with van der Waals surface area (Å²) in [5, 5.41) is 0. The second kappa shape index (κ2) is 5.90. The standard InChI is InChI=1S/C18H26O2/c1-17(2,3)15(19)11-13-9-7-8-10-14(13)12-16(20)18(4,5)6/h7-10H,11-12H2,1-6H3. The summed E-state index contributed by atoms with van der Waals surface area (Å²) in [5.41, 5.74) is 1.26. The molecule has 0 aliphatic heterocycles. The van der Waals surface area contributed by atoms with E-state index in [0.29, 0.717) is 12.8 Å². The van der Waals surface area contributed by atoms with E-state index >= 15 is 0 Å². The van der Waals surface area contributed by atoms with E-state index in [1.165, 1.54) is 0 Å². The summed E-state index contributed by atoms with van der Waals surface area (Å²) in [6.45, 7) is 11.6. The molecule has 0 amide bonds. The van der Waals surface area contributed by atoms with E-state index in [2.05, 4.69) is 0 Å². The number of rotatable bonds is 4. The molecule has 20 heavy (non-hydrogen) atoms. The number of benzene rings is 1. The van der Waals surface area contributed by atoms with Gasteiger partial charge in [0, 0.05) is 23.7 Å². The Morgan fingerprint density at radius 1 is 0.750 bits per heavy atom. The van der Waals surface area contributed by atoms with Gasteiger partial charge in [-0.25, -0.2) is 0 Å². The molecule has 110 valence electrons. The molecular weight excluding hydrogens is 248 g/mol. The second-order valence-electron chi connectivity index (χ2n) is 7.47. The maximum absolute atomic E-state index is 12.2. The van der Waals surface area contributed by atoms with Crippen molar-refractivity contribution in [3.63, 3.8) is 0 Å². The van der Waals surface area contributed by atoms with Crippen molar-refractivity contribution in [2.24, 2.45) is 10.8 Å². The highest BCUT2D eigenvalue weighted by atomic mass is 16.1. The molecule has 0 spiro atoms. The molecule has 0 aromatic heterocycles. The molecule has 2 nitrogen and oxygen atoms in total. The van der Waals surface area contributed by atoms with Crippen LogP contribution in [-0.4, -0.2) is 11.6 Å². The minimum atomic E-state index is -0.346. The summed E-state index contributed by atoms with van der Waals surface area (Å²) in [7, 11) is 0. The van der Waals surface area contributed by atoms with Crippen LogP contribution in [0, 0.1) is 10.8 Å². The second-order valence-corrected chi connectivity index (χ2v) is 7.47. The third kappa shape index (κ3) is 4.59. The molecule has 0 unspecified atom stereocenters. The lowest BCUT2D eigenvalue weighted by Crippen LogP contribution is -2.25. The van der Waals surface area contributed by atoms with Gasteiger partial charge in [-0.15, -0.1) is 0 Å². The maximum atomic E-state index is 12.2. The molecule has 0 N–H and O–H groups in total. The Kier molecular flexibility index (Phi) is 4.90. The number of hydrogen-bond acceptors (Lipinski definition) is 2. The third-order valence-electron chi connectivity index (χ3n) is 3.49. The molecular formula is C18H26O2. The van der Waals surface area contributed by atoms with E-state index in [1.54, 1.807) is 0 Å². The van der Waals surface area contributed by atoms with Crippen LogP contribution in [0.25, 0.3) is 0 Å². The Morgan fingerprint density at radius 3 is 1.30 bits per heavy atom. The molecule has 0 bridgehead atoms. The zero-order valence-electron chi connectivity index (χ0n) is 13.5.